The third kappa shape index (κ3) is 7.44. The first-order valence-electron chi connectivity index (χ1n) is 12.1. The molecule has 0 saturated carbocycles. The van der Waals surface area contributed by atoms with Gasteiger partial charge in [-0.25, -0.2) is 4.98 Å². The van der Waals surface area contributed by atoms with Crippen LogP contribution in [0.1, 0.15) is 37.4 Å². The molecule has 0 amide bonds. The van der Waals surface area contributed by atoms with Crippen LogP contribution in [0.4, 0.5) is 13.2 Å². The van der Waals surface area contributed by atoms with E-state index in [0.29, 0.717) is 25.3 Å². The van der Waals surface area contributed by atoms with Gasteiger partial charge in [-0.1, -0.05) is 26.6 Å². The number of rotatable bonds is 11. The summed E-state index contributed by atoms with van der Waals surface area (Å²) in [6.45, 7) is 11.6. The number of aromatic nitrogens is 2. The summed E-state index contributed by atoms with van der Waals surface area (Å²) >= 11 is 0. The van der Waals surface area contributed by atoms with Crippen molar-refractivity contribution in [2.75, 3.05) is 33.4 Å². The fourth-order valence-electron chi connectivity index (χ4n) is 3.91. The summed E-state index contributed by atoms with van der Waals surface area (Å²) in [7, 11) is 0.777. The van der Waals surface area contributed by atoms with Crippen molar-refractivity contribution in [3.05, 3.63) is 23.5 Å². The zero-order chi connectivity index (χ0) is 24.9. The van der Waals surface area contributed by atoms with Crippen LogP contribution in [0.3, 0.4) is 0 Å². The van der Waals surface area contributed by atoms with Crippen molar-refractivity contribution in [1.29, 1.82) is 0 Å². The van der Waals surface area contributed by atoms with E-state index in [4.69, 9.17) is 14.2 Å². The fraction of sp³-hybridized carbons (Fsp3) is 0.708. The molecule has 2 aromatic heterocycles. The van der Waals surface area contributed by atoms with Gasteiger partial charge in [0.1, 0.15) is 18.1 Å². The molecule has 0 N–H and O–H groups in total. The van der Waals surface area contributed by atoms with E-state index >= 15 is 0 Å². The lowest BCUT2D eigenvalue weighted by molar-refractivity contribution is -0.136. The van der Waals surface area contributed by atoms with E-state index in [1.807, 2.05) is 6.92 Å². The number of nitrogens with zero attached hydrogens (tertiary/aromatic N) is 3. The molecule has 0 aliphatic carbocycles. The molecule has 10 heteroatoms. The third-order valence-corrected chi connectivity index (χ3v) is 7.67. The molecule has 0 bridgehead atoms. The van der Waals surface area contributed by atoms with Gasteiger partial charge in [0.15, 0.2) is 0 Å². The number of alkyl halides is 3. The van der Waals surface area contributed by atoms with E-state index in [0.717, 1.165) is 38.2 Å². The Labute approximate surface area is 201 Å². The lowest BCUT2D eigenvalue weighted by atomic mass is 10.1. The number of hydrogen-bond donors (Lipinski definition) is 0. The molecule has 0 radical (unpaired) electrons. The summed E-state index contributed by atoms with van der Waals surface area (Å²) < 4.78 is 60.9. The highest BCUT2D eigenvalue weighted by Crippen LogP contribution is 2.40. The zero-order valence-corrected chi connectivity index (χ0v) is 22.0. The molecular formula is C24H38F3N3O3Si. The lowest BCUT2D eigenvalue weighted by Gasteiger charge is -2.28. The molecule has 34 heavy (non-hydrogen) atoms. The van der Waals surface area contributed by atoms with Gasteiger partial charge in [-0.3, -0.25) is 0 Å². The van der Waals surface area contributed by atoms with Crippen LogP contribution >= 0.6 is 0 Å². The third-order valence-electron chi connectivity index (χ3n) is 5.97. The van der Waals surface area contributed by atoms with Crippen LogP contribution in [0.2, 0.25) is 25.7 Å². The van der Waals surface area contributed by atoms with E-state index in [9.17, 15) is 13.2 Å². The monoisotopic (exact) mass is 501 g/mol. The maximum atomic E-state index is 13.9. The van der Waals surface area contributed by atoms with Gasteiger partial charge in [-0.2, -0.15) is 13.2 Å². The number of fused-ring (bicyclic) bond motifs is 1. The molecule has 192 valence electrons. The average molecular weight is 502 g/mol. The number of hydrogen-bond acceptors (Lipinski definition) is 5. The van der Waals surface area contributed by atoms with Gasteiger partial charge in [0.2, 0.25) is 0 Å². The lowest BCUT2D eigenvalue weighted by Crippen LogP contribution is -2.34. The molecule has 1 aliphatic heterocycles. The van der Waals surface area contributed by atoms with Crippen LogP contribution in [0.25, 0.3) is 11.0 Å². The molecular weight excluding hydrogens is 463 g/mol. The number of likely N-dealkylation sites (tertiary alicyclic amines) is 1. The van der Waals surface area contributed by atoms with Crippen molar-refractivity contribution in [1.82, 2.24) is 14.5 Å². The summed E-state index contributed by atoms with van der Waals surface area (Å²) in [5.41, 5.74) is 0.0290. The summed E-state index contributed by atoms with van der Waals surface area (Å²) in [6, 6.07) is 2.53. The van der Waals surface area contributed by atoms with Crippen LogP contribution < -0.4 is 4.74 Å². The predicted molar refractivity (Wildman–Crippen MR) is 130 cm³/mol. The Balaban J connectivity index is 1.90. The smallest absolute Gasteiger partial charge is 0.418 e. The Morgan fingerprint density at radius 3 is 2.47 bits per heavy atom. The second kappa shape index (κ2) is 11.4. The molecule has 0 spiro atoms. The summed E-state index contributed by atoms with van der Waals surface area (Å²) in [4.78, 5) is 6.84. The van der Waals surface area contributed by atoms with Gasteiger partial charge in [-0.05, 0) is 32.4 Å². The maximum Gasteiger partial charge on any atom is 0.418 e. The predicted octanol–water partition coefficient (Wildman–Crippen LogP) is 5.77. The standard InChI is InChI=1S/C24H38F3N3O3Si/c1-6-11-32-21-14-18(16-33-19-7-9-29(2)10-8-19)28-23-22(21)20(24(25,26)27)15-30(23)17-31-12-13-34(3,4)5/h14-15,19H,6-13,16-17H2,1-5H3. The second-order valence-corrected chi connectivity index (χ2v) is 16.0. The van der Waals surface area contributed by atoms with Gasteiger partial charge < -0.3 is 23.7 Å². The molecule has 1 saturated heterocycles. The number of pyridine rings is 1. The average Bonchev–Trinajstić information content (AvgIpc) is 3.13. The van der Waals surface area contributed by atoms with Crippen molar-refractivity contribution in [3.8, 4) is 5.75 Å². The van der Waals surface area contributed by atoms with E-state index in [-0.39, 0.29) is 36.2 Å². The van der Waals surface area contributed by atoms with Crippen LogP contribution in [-0.4, -0.2) is 62.0 Å². The molecule has 0 atom stereocenters. The zero-order valence-electron chi connectivity index (χ0n) is 21.0. The minimum absolute atomic E-state index is 0.0105. The molecule has 1 fully saturated rings. The van der Waals surface area contributed by atoms with Crippen LogP contribution in [0.5, 0.6) is 5.75 Å². The first kappa shape index (κ1) is 27.0. The second-order valence-electron chi connectivity index (χ2n) is 10.3. The normalized spacial score (nSPS) is 16.5. The Hall–Kier alpha value is -1.62. The van der Waals surface area contributed by atoms with Crippen molar-refractivity contribution < 1.29 is 27.4 Å². The van der Waals surface area contributed by atoms with Crippen molar-refractivity contribution in [2.45, 2.75) is 77.5 Å². The number of ether oxygens (including phenoxy) is 3. The van der Waals surface area contributed by atoms with E-state index in [1.165, 1.54) is 4.57 Å². The van der Waals surface area contributed by atoms with Gasteiger partial charge in [-0.15, -0.1) is 0 Å². The highest BCUT2D eigenvalue weighted by Gasteiger charge is 2.37. The topological polar surface area (TPSA) is 48.8 Å². The summed E-state index contributed by atoms with van der Waals surface area (Å²) in [5, 5.41) is -0.0159. The fourth-order valence-corrected chi connectivity index (χ4v) is 4.67. The minimum atomic E-state index is -4.53. The minimum Gasteiger partial charge on any atom is -0.493 e. The summed E-state index contributed by atoms with van der Waals surface area (Å²) in [5.74, 6) is 0.196. The van der Waals surface area contributed by atoms with Gasteiger partial charge >= 0.3 is 6.18 Å². The van der Waals surface area contributed by atoms with Gasteiger partial charge in [0.25, 0.3) is 0 Å². The first-order valence-corrected chi connectivity index (χ1v) is 15.8. The Bertz CT molecular complexity index is 935. The van der Waals surface area contributed by atoms with Crippen LogP contribution in [0.15, 0.2) is 12.3 Å². The van der Waals surface area contributed by atoms with E-state index in [1.54, 1.807) is 6.07 Å². The van der Waals surface area contributed by atoms with Gasteiger partial charge in [0.05, 0.1) is 36.0 Å². The van der Waals surface area contributed by atoms with Crippen molar-refractivity contribution in [2.24, 2.45) is 0 Å². The maximum absolute atomic E-state index is 13.9. The van der Waals surface area contributed by atoms with Crippen LogP contribution in [-0.2, 0) is 29.0 Å². The Morgan fingerprint density at radius 1 is 1.15 bits per heavy atom. The van der Waals surface area contributed by atoms with Crippen molar-refractivity contribution in [3.63, 3.8) is 0 Å². The largest absolute Gasteiger partial charge is 0.493 e. The highest BCUT2D eigenvalue weighted by molar-refractivity contribution is 6.76. The summed E-state index contributed by atoms with van der Waals surface area (Å²) in [6.07, 6.45) is -0.773. The Morgan fingerprint density at radius 2 is 1.85 bits per heavy atom. The SMILES string of the molecule is CCCOc1cc(COC2CCN(C)CC2)nc2c1c(C(F)(F)F)cn2COCC[Si](C)(C)C. The van der Waals surface area contributed by atoms with Crippen LogP contribution in [0, 0.1) is 0 Å². The number of piperidine rings is 1. The molecule has 0 unspecified atom stereocenters. The highest BCUT2D eigenvalue weighted by atomic mass is 28.3. The molecule has 0 aromatic carbocycles. The van der Waals surface area contributed by atoms with E-state index < -0.39 is 19.8 Å². The number of halogens is 3. The van der Waals surface area contributed by atoms with Crippen molar-refractivity contribution >= 4 is 19.1 Å². The molecule has 6 nitrogen and oxygen atoms in total. The molecule has 2 aromatic rings. The molecule has 3 rings (SSSR count). The first-order chi connectivity index (χ1) is 16.0. The molecule has 1 aliphatic rings. The van der Waals surface area contributed by atoms with Gasteiger partial charge in [0, 0.05) is 40.0 Å². The quantitative estimate of drug-likeness (QED) is 0.289. The van der Waals surface area contributed by atoms with E-state index in [2.05, 4.69) is 36.6 Å². The Kier molecular flexibility index (Phi) is 9.05. The molecule has 3 heterocycles.